The molecule has 0 fully saturated rings. The van der Waals surface area contributed by atoms with Crippen LogP contribution in [0.15, 0.2) is 53.4 Å². The van der Waals surface area contributed by atoms with Crippen molar-refractivity contribution in [1.82, 2.24) is 0 Å². The quantitative estimate of drug-likeness (QED) is 0.587. The minimum atomic E-state index is -0.00257. The Labute approximate surface area is 124 Å². The number of ether oxygens (including phenoxy) is 1. The Balaban J connectivity index is 1.93. The number of ketones is 1. The lowest BCUT2D eigenvalue weighted by Gasteiger charge is -2.06. The molecule has 0 radical (unpaired) electrons. The Morgan fingerprint density at radius 2 is 1.70 bits per heavy atom. The summed E-state index contributed by atoms with van der Waals surface area (Å²) in [5.74, 6) is 0.730. The van der Waals surface area contributed by atoms with E-state index in [1.807, 2.05) is 54.8 Å². The zero-order valence-electron chi connectivity index (χ0n) is 11.8. The fourth-order valence-electron chi connectivity index (χ4n) is 1.83. The van der Waals surface area contributed by atoms with Gasteiger partial charge in [0.25, 0.3) is 0 Å². The highest BCUT2D eigenvalue weighted by Gasteiger charge is 2.06. The third-order valence-electron chi connectivity index (χ3n) is 3.11. The van der Waals surface area contributed by atoms with E-state index in [0.717, 1.165) is 17.1 Å². The van der Waals surface area contributed by atoms with Crippen molar-refractivity contribution in [2.24, 2.45) is 0 Å². The molecule has 2 aromatic carbocycles. The van der Waals surface area contributed by atoms with E-state index in [9.17, 15) is 4.79 Å². The van der Waals surface area contributed by atoms with Gasteiger partial charge in [-0.1, -0.05) is 31.2 Å². The molecule has 0 unspecified atom stereocenters. The van der Waals surface area contributed by atoms with E-state index in [1.54, 1.807) is 11.8 Å². The Morgan fingerprint density at radius 3 is 2.25 bits per heavy atom. The monoisotopic (exact) mass is 286 g/mol. The zero-order chi connectivity index (χ0) is 14.4. The number of hydrogen-bond acceptors (Lipinski definition) is 3. The molecule has 0 heterocycles. The van der Waals surface area contributed by atoms with E-state index in [0.29, 0.717) is 5.56 Å². The van der Waals surface area contributed by atoms with E-state index in [2.05, 4.69) is 6.92 Å². The van der Waals surface area contributed by atoms with E-state index in [-0.39, 0.29) is 12.4 Å². The third kappa shape index (κ3) is 3.87. The normalized spacial score (nSPS) is 10.3. The minimum Gasteiger partial charge on any atom is -0.485 e. The molecule has 0 atom stereocenters. The Kier molecular flexibility index (Phi) is 5.24. The molecule has 0 bridgehead atoms. The van der Waals surface area contributed by atoms with Crippen LogP contribution >= 0.6 is 11.8 Å². The summed E-state index contributed by atoms with van der Waals surface area (Å²) < 4.78 is 5.52. The first-order chi connectivity index (χ1) is 9.72. The topological polar surface area (TPSA) is 26.3 Å². The van der Waals surface area contributed by atoms with E-state index in [4.69, 9.17) is 4.74 Å². The zero-order valence-corrected chi connectivity index (χ0v) is 12.6. The summed E-state index contributed by atoms with van der Waals surface area (Å²) in [6.07, 6.45) is 3.01. The number of thioether (sulfide) groups is 1. The molecule has 20 heavy (non-hydrogen) atoms. The summed E-state index contributed by atoms with van der Waals surface area (Å²) in [7, 11) is 0. The van der Waals surface area contributed by atoms with Crippen LogP contribution in [-0.2, 0) is 6.42 Å². The van der Waals surface area contributed by atoms with Gasteiger partial charge in [0.1, 0.15) is 5.75 Å². The van der Waals surface area contributed by atoms with Crippen molar-refractivity contribution in [2.75, 3.05) is 12.9 Å². The van der Waals surface area contributed by atoms with Crippen LogP contribution in [0, 0.1) is 0 Å². The summed E-state index contributed by atoms with van der Waals surface area (Å²) in [5, 5.41) is 0. The van der Waals surface area contributed by atoms with Crippen molar-refractivity contribution in [1.29, 1.82) is 0 Å². The minimum absolute atomic E-state index is 0.00257. The van der Waals surface area contributed by atoms with Crippen molar-refractivity contribution in [3.63, 3.8) is 0 Å². The van der Waals surface area contributed by atoms with Gasteiger partial charge in [-0.25, -0.2) is 0 Å². The van der Waals surface area contributed by atoms with Gasteiger partial charge in [-0.15, -0.1) is 11.8 Å². The summed E-state index contributed by atoms with van der Waals surface area (Å²) >= 11 is 1.66. The van der Waals surface area contributed by atoms with Gasteiger partial charge in [0.2, 0.25) is 0 Å². The van der Waals surface area contributed by atoms with E-state index >= 15 is 0 Å². The Hall–Kier alpha value is -1.74. The first kappa shape index (κ1) is 14.7. The first-order valence-electron chi connectivity index (χ1n) is 6.62. The van der Waals surface area contributed by atoms with Crippen LogP contribution in [0.1, 0.15) is 22.8 Å². The lowest BCUT2D eigenvalue weighted by molar-refractivity contribution is 0.0921. The van der Waals surface area contributed by atoms with Crippen molar-refractivity contribution >= 4 is 17.5 Å². The van der Waals surface area contributed by atoms with Gasteiger partial charge in [-0.05, 0) is 42.5 Å². The Bertz CT molecular complexity index is 559. The maximum Gasteiger partial charge on any atom is 0.200 e. The molecule has 0 aliphatic heterocycles. The van der Waals surface area contributed by atoms with Crippen LogP contribution in [0.25, 0.3) is 0 Å². The fraction of sp³-hybridized carbons (Fsp3) is 0.235. The predicted molar refractivity (Wildman–Crippen MR) is 83.9 cm³/mol. The number of carbonyl (C=O) groups is 1. The summed E-state index contributed by atoms with van der Waals surface area (Å²) in [6, 6.07) is 15.4. The number of rotatable bonds is 6. The number of hydrogen-bond donors (Lipinski definition) is 0. The number of carbonyl (C=O) groups excluding carboxylic acids is 1. The Morgan fingerprint density at radius 1 is 1.05 bits per heavy atom. The molecule has 0 spiro atoms. The molecule has 0 aliphatic rings. The molecule has 2 nitrogen and oxygen atoms in total. The summed E-state index contributed by atoms with van der Waals surface area (Å²) in [6.45, 7) is 2.18. The van der Waals surface area contributed by atoms with Gasteiger partial charge in [0.05, 0.1) is 0 Å². The molecule has 0 saturated heterocycles. The van der Waals surface area contributed by atoms with Crippen LogP contribution in [0.3, 0.4) is 0 Å². The van der Waals surface area contributed by atoms with Gasteiger partial charge < -0.3 is 4.74 Å². The predicted octanol–water partition coefficient (Wildman–Crippen LogP) is 4.23. The van der Waals surface area contributed by atoms with Crippen molar-refractivity contribution < 1.29 is 9.53 Å². The smallest absolute Gasteiger partial charge is 0.200 e. The lowest BCUT2D eigenvalue weighted by atomic mass is 10.1. The van der Waals surface area contributed by atoms with Crippen LogP contribution in [0.2, 0.25) is 0 Å². The van der Waals surface area contributed by atoms with E-state index in [1.165, 1.54) is 5.56 Å². The molecule has 0 saturated carbocycles. The third-order valence-corrected chi connectivity index (χ3v) is 3.86. The largest absolute Gasteiger partial charge is 0.485 e. The molecule has 104 valence electrons. The molecular weight excluding hydrogens is 268 g/mol. The highest BCUT2D eigenvalue weighted by Crippen LogP contribution is 2.16. The van der Waals surface area contributed by atoms with Crippen LogP contribution in [0.5, 0.6) is 5.75 Å². The second-order valence-electron chi connectivity index (χ2n) is 4.44. The highest BCUT2D eigenvalue weighted by molar-refractivity contribution is 7.98. The first-order valence-corrected chi connectivity index (χ1v) is 7.84. The summed E-state index contributed by atoms with van der Waals surface area (Å²) in [4.78, 5) is 13.2. The molecule has 0 aromatic heterocycles. The van der Waals surface area contributed by atoms with Crippen molar-refractivity contribution in [3.05, 3.63) is 59.7 Å². The lowest BCUT2D eigenvalue weighted by Crippen LogP contribution is -2.11. The van der Waals surface area contributed by atoms with Crippen molar-refractivity contribution in [3.8, 4) is 5.75 Å². The molecule has 2 rings (SSSR count). The number of benzene rings is 2. The van der Waals surface area contributed by atoms with Gasteiger partial charge in [-0.3, -0.25) is 4.79 Å². The second kappa shape index (κ2) is 7.15. The molecule has 0 amide bonds. The van der Waals surface area contributed by atoms with E-state index < -0.39 is 0 Å². The SMILES string of the molecule is CCc1ccc(OCC(=O)c2ccc(SC)cc2)cc1. The van der Waals surface area contributed by atoms with Gasteiger partial charge in [0.15, 0.2) is 12.4 Å². The molecule has 3 heteroatoms. The fourth-order valence-corrected chi connectivity index (χ4v) is 2.24. The van der Waals surface area contributed by atoms with Crippen LogP contribution in [-0.4, -0.2) is 18.6 Å². The average Bonchev–Trinajstić information content (AvgIpc) is 2.53. The maximum atomic E-state index is 12.0. The maximum absolute atomic E-state index is 12.0. The highest BCUT2D eigenvalue weighted by atomic mass is 32.2. The van der Waals surface area contributed by atoms with Gasteiger partial charge >= 0.3 is 0 Å². The van der Waals surface area contributed by atoms with Crippen LogP contribution in [0.4, 0.5) is 0 Å². The molecule has 0 aliphatic carbocycles. The average molecular weight is 286 g/mol. The molecule has 0 N–H and O–H groups in total. The van der Waals surface area contributed by atoms with Gasteiger partial charge in [-0.2, -0.15) is 0 Å². The molecule has 2 aromatic rings. The number of Topliss-reactive ketones (excluding diaryl/α,β-unsaturated/α-hetero) is 1. The molecular formula is C17H18O2S. The van der Waals surface area contributed by atoms with Gasteiger partial charge in [0, 0.05) is 10.5 Å². The van der Waals surface area contributed by atoms with Crippen molar-refractivity contribution in [2.45, 2.75) is 18.2 Å². The summed E-state index contributed by atoms with van der Waals surface area (Å²) in [5.41, 5.74) is 1.95. The number of aryl methyl sites for hydroxylation is 1. The second-order valence-corrected chi connectivity index (χ2v) is 5.32. The standard InChI is InChI=1S/C17H18O2S/c1-3-13-4-8-15(9-5-13)19-12-17(18)14-6-10-16(20-2)11-7-14/h4-11H,3,12H2,1-2H3. The van der Waals surface area contributed by atoms with Crippen LogP contribution < -0.4 is 4.74 Å².